The van der Waals surface area contributed by atoms with Gasteiger partial charge in [0.2, 0.25) is 0 Å². The van der Waals surface area contributed by atoms with Gasteiger partial charge in [0.1, 0.15) is 0 Å². The number of hydrogen-bond acceptors (Lipinski definition) is 0. The van der Waals surface area contributed by atoms with Gasteiger partial charge in [0.15, 0.2) is 0 Å². The summed E-state index contributed by atoms with van der Waals surface area (Å²) < 4.78 is 0. The van der Waals surface area contributed by atoms with Crippen molar-refractivity contribution in [1.29, 1.82) is 0 Å². The van der Waals surface area contributed by atoms with Crippen LogP contribution in [0.2, 0.25) is 0 Å². The van der Waals surface area contributed by atoms with E-state index in [1.807, 2.05) is 0 Å². The average molecular weight is 204 g/mol. The lowest BCUT2D eigenvalue weighted by molar-refractivity contribution is 0.0605. The van der Waals surface area contributed by atoms with E-state index in [4.69, 9.17) is 0 Å². The zero-order valence-electron chi connectivity index (χ0n) is 11.1. The Kier molecular flexibility index (Phi) is 2.04. The molecule has 0 bridgehead atoms. The average Bonchev–Trinajstić information content (AvgIpc) is 2.26. The summed E-state index contributed by atoms with van der Waals surface area (Å²) in [6.45, 7) is 14.6. The number of hydrogen-bond donors (Lipinski definition) is 0. The summed E-state index contributed by atoms with van der Waals surface area (Å²) in [6, 6.07) is 0. The minimum atomic E-state index is 0.344. The van der Waals surface area contributed by atoms with Crippen LogP contribution in [0.25, 0.3) is 0 Å². The topological polar surface area (TPSA) is 0 Å². The van der Waals surface area contributed by atoms with E-state index in [2.05, 4.69) is 53.7 Å². The normalized spacial score (nSPS) is 30.5. The van der Waals surface area contributed by atoms with E-state index in [0.29, 0.717) is 16.2 Å². The van der Waals surface area contributed by atoms with Crippen LogP contribution in [0.15, 0.2) is 23.3 Å². The summed E-state index contributed by atoms with van der Waals surface area (Å²) >= 11 is 0. The van der Waals surface area contributed by atoms with E-state index >= 15 is 0 Å². The van der Waals surface area contributed by atoms with Gasteiger partial charge in [-0.3, -0.25) is 0 Å². The van der Waals surface area contributed by atoms with Gasteiger partial charge in [0, 0.05) is 0 Å². The molecule has 0 heteroatoms. The first kappa shape index (κ1) is 11.0. The third-order valence-electron chi connectivity index (χ3n) is 5.81. The first-order valence-corrected chi connectivity index (χ1v) is 6.11. The SMILES string of the molecule is CC1(C)C2=C(CC=CC2)C(C)(C)C1(C)C. The molecule has 0 atom stereocenters. The number of rotatable bonds is 0. The van der Waals surface area contributed by atoms with Crippen molar-refractivity contribution < 1.29 is 0 Å². The summed E-state index contributed by atoms with van der Waals surface area (Å²) in [7, 11) is 0. The zero-order chi connectivity index (χ0) is 11.5. The van der Waals surface area contributed by atoms with E-state index in [1.54, 1.807) is 11.1 Å². The fourth-order valence-corrected chi connectivity index (χ4v) is 3.45. The molecule has 0 heterocycles. The molecule has 0 amide bonds. The Balaban J connectivity index is 2.59. The van der Waals surface area contributed by atoms with Crippen LogP contribution in [0.5, 0.6) is 0 Å². The molecule has 0 aromatic carbocycles. The lowest BCUT2D eigenvalue weighted by atomic mass is 9.58. The van der Waals surface area contributed by atoms with Crippen LogP contribution in [0.3, 0.4) is 0 Å². The van der Waals surface area contributed by atoms with Crippen molar-refractivity contribution in [3.63, 3.8) is 0 Å². The summed E-state index contributed by atoms with van der Waals surface area (Å²) in [4.78, 5) is 0. The van der Waals surface area contributed by atoms with Crippen LogP contribution < -0.4 is 0 Å². The van der Waals surface area contributed by atoms with Gasteiger partial charge >= 0.3 is 0 Å². The first-order valence-electron chi connectivity index (χ1n) is 6.11. The second-order valence-corrected chi connectivity index (χ2v) is 6.71. The van der Waals surface area contributed by atoms with Crippen molar-refractivity contribution in [3.05, 3.63) is 23.3 Å². The smallest absolute Gasteiger partial charge is 0.00793 e. The van der Waals surface area contributed by atoms with Crippen LogP contribution in [0, 0.1) is 16.2 Å². The van der Waals surface area contributed by atoms with Crippen molar-refractivity contribution in [2.45, 2.75) is 54.4 Å². The molecule has 0 aromatic heterocycles. The molecule has 0 radical (unpaired) electrons. The van der Waals surface area contributed by atoms with Gasteiger partial charge in [-0.15, -0.1) is 0 Å². The third kappa shape index (κ3) is 1.08. The molecular weight excluding hydrogens is 180 g/mol. The standard InChI is InChI=1S/C15H24/c1-13(2)11-9-7-8-10-12(11)14(3,4)15(13,5)6/h7-8H,9-10H2,1-6H3. The van der Waals surface area contributed by atoms with Crippen molar-refractivity contribution in [3.8, 4) is 0 Å². The van der Waals surface area contributed by atoms with Crippen LogP contribution >= 0.6 is 0 Å². The molecule has 84 valence electrons. The van der Waals surface area contributed by atoms with Crippen LogP contribution in [-0.2, 0) is 0 Å². The van der Waals surface area contributed by atoms with Gasteiger partial charge in [-0.05, 0) is 29.1 Å². The Morgan fingerprint density at radius 2 is 1.07 bits per heavy atom. The maximum absolute atomic E-state index is 2.44. The quantitative estimate of drug-likeness (QED) is 0.501. The fraction of sp³-hybridized carbons (Fsp3) is 0.733. The van der Waals surface area contributed by atoms with Crippen molar-refractivity contribution >= 4 is 0 Å². The highest BCUT2D eigenvalue weighted by atomic mass is 14.6. The highest BCUT2D eigenvalue weighted by Gasteiger charge is 2.57. The van der Waals surface area contributed by atoms with Crippen LogP contribution in [0.1, 0.15) is 54.4 Å². The minimum absolute atomic E-state index is 0.344. The van der Waals surface area contributed by atoms with Gasteiger partial charge < -0.3 is 0 Å². The first-order chi connectivity index (χ1) is 6.73. The van der Waals surface area contributed by atoms with Gasteiger partial charge in [-0.2, -0.15) is 0 Å². The lowest BCUT2D eigenvalue weighted by Gasteiger charge is -2.46. The second-order valence-electron chi connectivity index (χ2n) is 6.71. The zero-order valence-corrected chi connectivity index (χ0v) is 11.1. The predicted molar refractivity (Wildman–Crippen MR) is 66.7 cm³/mol. The fourth-order valence-electron chi connectivity index (χ4n) is 3.45. The van der Waals surface area contributed by atoms with E-state index in [1.165, 1.54) is 12.8 Å². The summed E-state index contributed by atoms with van der Waals surface area (Å²) in [5.41, 5.74) is 4.46. The molecule has 0 spiro atoms. The molecule has 0 N–H and O–H groups in total. The summed E-state index contributed by atoms with van der Waals surface area (Å²) in [5.74, 6) is 0. The van der Waals surface area contributed by atoms with Gasteiger partial charge in [0.05, 0.1) is 0 Å². The summed E-state index contributed by atoms with van der Waals surface area (Å²) in [5, 5.41) is 0. The molecule has 2 aliphatic carbocycles. The Hall–Kier alpha value is -0.520. The Labute approximate surface area is 94.5 Å². The van der Waals surface area contributed by atoms with E-state index < -0.39 is 0 Å². The molecule has 0 fully saturated rings. The molecule has 2 aliphatic rings. The molecule has 0 nitrogen and oxygen atoms in total. The third-order valence-corrected chi connectivity index (χ3v) is 5.81. The second kappa shape index (κ2) is 2.78. The molecule has 0 aliphatic heterocycles. The maximum Gasteiger partial charge on any atom is -0.00793 e. The van der Waals surface area contributed by atoms with Crippen molar-refractivity contribution in [1.82, 2.24) is 0 Å². The largest absolute Gasteiger partial charge is 0.0841 e. The number of allylic oxidation sites excluding steroid dienone is 4. The van der Waals surface area contributed by atoms with Gasteiger partial charge in [-0.1, -0.05) is 64.8 Å². The molecule has 2 rings (SSSR count). The van der Waals surface area contributed by atoms with Gasteiger partial charge in [-0.25, -0.2) is 0 Å². The highest BCUT2D eigenvalue weighted by Crippen LogP contribution is 2.66. The van der Waals surface area contributed by atoms with E-state index in [0.717, 1.165) is 0 Å². The van der Waals surface area contributed by atoms with Gasteiger partial charge in [0.25, 0.3) is 0 Å². The molecule has 0 aromatic rings. The van der Waals surface area contributed by atoms with Crippen LogP contribution in [-0.4, -0.2) is 0 Å². The van der Waals surface area contributed by atoms with Crippen molar-refractivity contribution in [2.75, 3.05) is 0 Å². The molecule has 0 saturated carbocycles. The minimum Gasteiger partial charge on any atom is -0.0841 e. The predicted octanol–water partition coefficient (Wildman–Crippen LogP) is 4.73. The molecular formula is C15H24. The maximum atomic E-state index is 2.44. The molecule has 0 unspecified atom stereocenters. The molecule has 15 heavy (non-hydrogen) atoms. The van der Waals surface area contributed by atoms with E-state index in [9.17, 15) is 0 Å². The summed E-state index contributed by atoms with van der Waals surface area (Å²) in [6.07, 6.45) is 7.04. The van der Waals surface area contributed by atoms with E-state index in [-0.39, 0.29) is 0 Å². The monoisotopic (exact) mass is 204 g/mol. The highest BCUT2D eigenvalue weighted by molar-refractivity contribution is 5.42. The Morgan fingerprint density at radius 3 is 1.40 bits per heavy atom. The van der Waals surface area contributed by atoms with Crippen LogP contribution in [0.4, 0.5) is 0 Å². The molecule has 0 saturated heterocycles. The Morgan fingerprint density at radius 1 is 0.733 bits per heavy atom. The lowest BCUT2D eigenvalue weighted by Crippen LogP contribution is -2.39. The Bertz CT molecular complexity index is 316. The van der Waals surface area contributed by atoms with Crippen molar-refractivity contribution in [2.24, 2.45) is 16.2 Å².